The van der Waals surface area contributed by atoms with Crippen molar-refractivity contribution in [1.29, 1.82) is 0 Å². The lowest BCUT2D eigenvalue weighted by Crippen LogP contribution is -2.42. The van der Waals surface area contributed by atoms with Gasteiger partial charge in [0.1, 0.15) is 0 Å². The summed E-state index contributed by atoms with van der Waals surface area (Å²) in [6.07, 6.45) is 4.23. The molecule has 15 heavy (non-hydrogen) atoms. The van der Waals surface area contributed by atoms with Gasteiger partial charge in [0, 0.05) is 11.9 Å². The van der Waals surface area contributed by atoms with Crippen LogP contribution in [0.3, 0.4) is 0 Å². The summed E-state index contributed by atoms with van der Waals surface area (Å²) in [6, 6.07) is 3.71. The van der Waals surface area contributed by atoms with Crippen molar-refractivity contribution in [3.8, 4) is 0 Å². The van der Waals surface area contributed by atoms with Crippen molar-refractivity contribution in [2.24, 2.45) is 5.73 Å². The second kappa shape index (κ2) is 3.62. The van der Waals surface area contributed by atoms with Gasteiger partial charge in [0.2, 0.25) is 0 Å². The molecule has 1 aliphatic rings. The minimum Gasteiger partial charge on any atom is -0.481 e. The van der Waals surface area contributed by atoms with Crippen LogP contribution in [0.1, 0.15) is 30.5 Å². The molecule has 1 aromatic heterocycles. The lowest BCUT2D eigenvalue weighted by molar-refractivity contribution is -0.138. The highest BCUT2D eigenvalue weighted by Gasteiger charge is 2.35. The van der Waals surface area contributed by atoms with Gasteiger partial charge in [-0.1, -0.05) is 6.07 Å². The summed E-state index contributed by atoms with van der Waals surface area (Å²) < 4.78 is 0. The maximum Gasteiger partial charge on any atom is 0.305 e. The number of hydrogen-bond acceptors (Lipinski definition) is 3. The maximum atomic E-state index is 10.8. The Kier molecular flexibility index (Phi) is 2.44. The van der Waals surface area contributed by atoms with E-state index in [-0.39, 0.29) is 6.42 Å². The third kappa shape index (κ3) is 1.85. The molecule has 0 aliphatic heterocycles. The molecule has 1 heterocycles. The van der Waals surface area contributed by atoms with Crippen LogP contribution in [0.15, 0.2) is 18.3 Å². The SMILES string of the molecule is N[C@]1(CC(=O)O)CCCc2ncccc21. The van der Waals surface area contributed by atoms with Crippen molar-refractivity contribution >= 4 is 5.97 Å². The minimum atomic E-state index is -0.853. The molecule has 0 aromatic carbocycles. The topological polar surface area (TPSA) is 76.2 Å². The Morgan fingerprint density at radius 2 is 2.47 bits per heavy atom. The van der Waals surface area contributed by atoms with E-state index < -0.39 is 11.5 Å². The van der Waals surface area contributed by atoms with Gasteiger partial charge in [-0.3, -0.25) is 9.78 Å². The molecule has 2 rings (SSSR count). The van der Waals surface area contributed by atoms with E-state index in [2.05, 4.69) is 4.98 Å². The van der Waals surface area contributed by atoms with Gasteiger partial charge >= 0.3 is 5.97 Å². The molecule has 1 aromatic rings. The molecule has 0 saturated carbocycles. The van der Waals surface area contributed by atoms with E-state index in [1.165, 1.54) is 0 Å². The molecule has 0 unspecified atom stereocenters. The number of aryl methyl sites for hydroxylation is 1. The van der Waals surface area contributed by atoms with Crippen LogP contribution in [-0.2, 0) is 16.8 Å². The maximum absolute atomic E-state index is 10.8. The zero-order valence-electron chi connectivity index (χ0n) is 8.44. The molecule has 4 nitrogen and oxygen atoms in total. The molecule has 0 bridgehead atoms. The molecule has 1 aliphatic carbocycles. The summed E-state index contributed by atoms with van der Waals surface area (Å²) in [5.41, 5.74) is 7.28. The first kappa shape index (κ1) is 10.1. The summed E-state index contributed by atoms with van der Waals surface area (Å²) in [4.78, 5) is 15.0. The smallest absolute Gasteiger partial charge is 0.305 e. The Morgan fingerprint density at radius 1 is 1.67 bits per heavy atom. The van der Waals surface area contributed by atoms with Gasteiger partial charge in [-0.05, 0) is 30.9 Å². The number of nitrogens with zero attached hydrogens (tertiary/aromatic N) is 1. The van der Waals surface area contributed by atoms with Crippen molar-refractivity contribution in [1.82, 2.24) is 4.98 Å². The van der Waals surface area contributed by atoms with E-state index in [9.17, 15) is 4.79 Å². The number of carbonyl (C=O) groups is 1. The Bertz CT molecular complexity index is 392. The van der Waals surface area contributed by atoms with E-state index in [4.69, 9.17) is 10.8 Å². The van der Waals surface area contributed by atoms with E-state index in [0.29, 0.717) is 0 Å². The van der Waals surface area contributed by atoms with Crippen molar-refractivity contribution < 1.29 is 9.90 Å². The molecule has 80 valence electrons. The molecular formula is C11H14N2O2. The van der Waals surface area contributed by atoms with Crippen molar-refractivity contribution in [2.45, 2.75) is 31.2 Å². The molecule has 0 saturated heterocycles. The fourth-order valence-electron chi connectivity index (χ4n) is 2.25. The fourth-order valence-corrected chi connectivity index (χ4v) is 2.25. The second-order valence-electron chi connectivity index (χ2n) is 4.08. The normalized spacial score (nSPS) is 24.6. The standard InChI is InChI=1S/C11H14N2O2/c12-11(7-10(14)15)5-1-4-9-8(11)3-2-6-13-9/h2-3,6H,1,4-5,7,12H2,(H,14,15)/t11-/m0/s1. The van der Waals surface area contributed by atoms with Gasteiger partial charge in [0.15, 0.2) is 0 Å². The fraction of sp³-hybridized carbons (Fsp3) is 0.455. The highest BCUT2D eigenvalue weighted by molar-refractivity contribution is 5.69. The number of fused-ring (bicyclic) bond motifs is 1. The first-order valence-corrected chi connectivity index (χ1v) is 5.07. The number of pyridine rings is 1. The number of carboxylic acids is 1. The largest absolute Gasteiger partial charge is 0.481 e. The van der Waals surface area contributed by atoms with Gasteiger partial charge in [0.05, 0.1) is 12.0 Å². The third-order valence-electron chi connectivity index (χ3n) is 2.93. The quantitative estimate of drug-likeness (QED) is 0.758. The zero-order valence-corrected chi connectivity index (χ0v) is 8.44. The molecule has 1 atom stereocenters. The van der Waals surface area contributed by atoms with Crippen LogP contribution < -0.4 is 5.73 Å². The Balaban J connectivity index is 2.40. The van der Waals surface area contributed by atoms with Gasteiger partial charge in [-0.15, -0.1) is 0 Å². The average Bonchev–Trinajstić information content (AvgIpc) is 2.17. The van der Waals surface area contributed by atoms with Crippen molar-refractivity contribution in [3.05, 3.63) is 29.6 Å². The Labute approximate surface area is 88.1 Å². The van der Waals surface area contributed by atoms with Gasteiger partial charge in [0.25, 0.3) is 0 Å². The van der Waals surface area contributed by atoms with Crippen LogP contribution >= 0.6 is 0 Å². The number of nitrogens with two attached hydrogens (primary N) is 1. The summed E-state index contributed by atoms with van der Waals surface area (Å²) in [7, 11) is 0. The zero-order chi connectivity index (χ0) is 10.9. The van der Waals surface area contributed by atoms with Gasteiger partial charge in [-0.25, -0.2) is 0 Å². The van der Waals surface area contributed by atoms with Gasteiger partial charge in [-0.2, -0.15) is 0 Å². The molecular weight excluding hydrogens is 192 g/mol. The number of carboxylic acid groups (broad SMARTS) is 1. The van der Waals surface area contributed by atoms with Crippen LogP contribution in [0, 0.1) is 0 Å². The summed E-state index contributed by atoms with van der Waals surface area (Å²) in [5, 5.41) is 8.86. The highest BCUT2D eigenvalue weighted by Crippen LogP contribution is 2.34. The number of aromatic nitrogens is 1. The van der Waals surface area contributed by atoms with Crippen molar-refractivity contribution in [2.75, 3.05) is 0 Å². The monoisotopic (exact) mass is 206 g/mol. The summed E-state index contributed by atoms with van der Waals surface area (Å²) in [5.74, 6) is -0.853. The van der Waals surface area contributed by atoms with E-state index in [1.807, 2.05) is 12.1 Å². The predicted molar refractivity (Wildman–Crippen MR) is 55.3 cm³/mol. The Hall–Kier alpha value is -1.42. The minimum absolute atomic E-state index is 0.0221. The number of aliphatic carboxylic acids is 1. The van der Waals surface area contributed by atoms with Gasteiger partial charge < -0.3 is 10.8 Å². The molecule has 0 spiro atoms. The van der Waals surface area contributed by atoms with Crippen LogP contribution in [0.5, 0.6) is 0 Å². The molecule has 3 N–H and O–H groups in total. The molecule has 0 fully saturated rings. The van der Waals surface area contributed by atoms with Crippen LogP contribution in [0.25, 0.3) is 0 Å². The van der Waals surface area contributed by atoms with E-state index in [1.54, 1.807) is 6.20 Å². The molecule has 0 radical (unpaired) electrons. The predicted octanol–water partition coefficient (Wildman–Crippen LogP) is 1.05. The van der Waals surface area contributed by atoms with Crippen LogP contribution in [0.4, 0.5) is 0 Å². The lowest BCUT2D eigenvalue weighted by Gasteiger charge is -2.33. The van der Waals surface area contributed by atoms with Crippen LogP contribution in [0.2, 0.25) is 0 Å². The Morgan fingerprint density at radius 3 is 3.20 bits per heavy atom. The second-order valence-corrected chi connectivity index (χ2v) is 4.08. The van der Waals surface area contributed by atoms with E-state index >= 15 is 0 Å². The average molecular weight is 206 g/mol. The summed E-state index contributed by atoms with van der Waals surface area (Å²) >= 11 is 0. The number of hydrogen-bond donors (Lipinski definition) is 2. The summed E-state index contributed by atoms with van der Waals surface area (Å²) in [6.45, 7) is 0. The van der Waals surface area contributed by atoms with Crippen LogP contribution in [-0.4, -0.2) is 16.1 Å². The van der Waals surface area contributed by atoms with Crippen molar-refractivity contribution in [3.63, 3.8) is 0 Å². The highest BCUT2D eigenvalue weighted by atomic mass is 16.4. The molecule has 0 amide bonds. The third-order valence-corrected chi connectivity index (χ3v) is 2.93. The number of rotatable bonds is 2. The first-order chi connectivity index (χ1) is 7.12. The molecule has 4 heteroatoms. The lowest BCUT2D eigenvalue weighted by atomic mass is 9.77. The van der Waals surface area contributed by atoms with E-state index in [0.717, 1.165) is 30.5 Å². The first-order valence-electron chi connectivity index (χ1n) is 5.07.